The molecular weight excluding hydrogens is 372 g/mol. The van der Waals surface area contributed by atoms with E-state index in [-0.39, 0.29) is 5.57 Å². The Balaban J connectivity index is 2.47. The monoisotopic (exact) mass is 390 g/mol. The molecule has 0 heterocycles. The highest BCUT2D eigenvalue weighted by Gasteiger charge is 2.14. The number of carboxylic acids is 1. The van der Waals surface area contributed by atoms with Gasteiger partial charge in [0.25, 0.3) is 0 Å². The molecule has 2 aromatic rings. The molecule has 0 bridgehead atoms. The summed E-state index contributed by atoms with van der Waals surface area (Å²) in [5, 5.41) is 9.52. The van der Waals surface area contributed by atoms with E-state index in [0.717, 1.165) is 10.9 Å². The molecule has 2 aromatic carbocycles. The molecule has 1 N–H and O–H groups in total. The van der Waals surface area contributed by atoms with Crippen molar-refractivity contribution in [3.8, 4) is 11.5 Å². The first-order valence-corrected chi connectivity index (χ1v) is 8.36. The number of hydrogen-bond donors (Lipinski definition) is 1. The average molecular weight is 391 g/mol. The summed E-state index contributed by atoms with van der Waals surface area (Å²) in [7, 11) is 1.56. The molecule has 24 heavy (non-hydrogen) atoms. The van der Waals surface area contributed by atoms with Gasteiger partial charge in [-0.3, -0.25) is 0 Å². The van der Waals surface area contributed by atoms with E-state index in [2.05, 4.69) is 15.9 Å². The fourth-order valence-corrected chi connectivity index (χ4v) is 2.79. The van der Waals surface area contributed by atoms with E-state index in [0.29, 0.717) is 29.2 Å². The van der Waals surface area contributed by atoms with Crippen LogP contribution in [0.1, 0.15) is 24.5 Å². The number of carbonyl (C=O) groups is 1. The molecule has 0 spiro atoms. The molecular formula is C19H19BrO4. The lowest BCUT2D eigenvalue weighted by molar-refractivity contribution is -0.130. The van der Waals surface area contributed by atoms with Gasteiger partial charge in [0.1, 0.15) is 0 Å². The van der Waals surface area contributed by atoms with E-state index in [4.69, 9.17) is 9.47 Å². The molecule has 0 saturated heterocycles. The van der Waals surface area contributed by atoms with Crippen molar-refractivity contribution in [1.29, 1.82) is 0 Å². The Morgan fingerprint density at radius 3 is 2.54 bits per heavy atom. The number of halogens is 1. The van der Waals surface area contributed by atoms with Crippen molar-refractivity contribution >= 4 is 33.5 Å². The van der Waals surface area contributed by atoms with E-state index in [1.54, 1.807) is 31.4 Å². The molecule has 0 aromatic heterocycles. The molecule has 0 aliphatic carbocycles. The number of rotatable bonds is 7. The van der Waals surface area contributed by atoms with Gasteiger partial charge in [-0.2, -0.15) is 0 Å². The summed E-state index contributed by atoms with van der Waals surface area (Å²) in [5.41, 5.74) is 1.57. The zero-order valence-corrected chi connectivity index (χ0v) is 15.2. The van der Waals surface area contributed by atoms with Crippen molar-refractivity contribution in [2.45, 2.75) is 13.3 Å². The molecule has 0 amide bonds. The first kappa shape index (κ1) is 18.1. The van der Waals surface area contributed by atoms with Crippen LogP contribution in [-0.2, 0) is 4.79 Å². The molecule has 5 heteroatoms. The zero-order chi connectivity index (χ0) is 17.5. The van der Waals surface area contributed by atoms with E-state index in [9.17, 15) is 9.90 Å². The molecule has 4 nitrogen and oxygen atoms in total. The number of ether oxygens (including phenoxy) is 2. The van der Waals surface area contributed by atoms with Gasteiger partial charge >= 0.3 is 5.97 Å². The minimum absolute atomic E-state index is 0.215. The lowest BCUT2D eigenvalue weighted by atomic mass is 10.0. The van der Waals surface area contributed by atoms with Crippen LogP contribution in [0.5, 0.6) is 11.5 Å². The standard InChI is InChI=1S/C19H19BrO4/c1-3-9-24-18-16(20)11-13(12-17(18)23-2)10-15(19(21)22)14-7-5-4-6-8-14/h4-8,10-12H,3,9H2,1-2H3,(H,21,22)/b15-10+. The fraction of sp³-hybridized carbons (Fsp3) is 0.211. The molecule has 0 saturated carbocycles. The van der Waals surface area contributed by atoms with E-state index in [1.165, 1.54) is 0 Å². The fourth-order valence-electron chi connectivity index (χ4n) is 2.22. The third-order valence-corrected chi connectivity index (χ3v) is 3.92. The Kier molecular flexibility index (Phi) is 6.44. The van der Waals surface area contributed by atoms with Crippen molar-refractivity contribution in [1.82, 2.24) is 0 Å². The minimum atomic E-state index is -0.984. The van der Waals surface area contributed by atoms with Crippen LogP contribution in [0.3, 0.4) is 0 Å². The van der Waals surface area contributed by atoms with Crippen molar-refractivity contribution in [3.63, 3.8) is 0 Å². The minimum Gasteiger partial charge on any atom is -0.493 e. The van der Waals surface area contributed by atoms with E-state index in [1.807, 2.05) is 31.2 Å². The highest BCUT2D eigenvalue weighted by atomic mass is 79.9. The van der Waals surface area contributed by atoms with Gasteiger partial charge < -0.3 is 14.6 Å². The number of hydrogen-bond acceptors (Lipinski definition) is 3. The summed E-state index contributed by atoms with van der Waals surface area (Å²) in [6, 6.07) is 12.6. The van der Waals surface area contributed by atoms with Gasteiger partial charge in [-0.15, -0.1) is 0 Å². The molecule has 0 unspecified atom stereocenters. The molecule has 126 valence electrons. The van der Waals surface area contributed by atoms with Crippen LogP contribution in [0, 0.1) is 0 Å². The highest BCUT2D eigenvalue weighted by Crippen LogP contribution is 2.37. The maximum Gasteiger partial charge on any atom is 0.336 e. The second-order valence-electron chi connectivity index (χ2n) is 5.11. The Morgan fingerprint density at radius 1 is 1.25 bits per heavy atom. The summed E-state index contributed by atoms with van der Waals surface area (Å²) in [6.45, 7) is 2.60. The Hall–Kier alpha value is -2.27. The van der Waals surface area contributed by atoms with Gasteiger partial charge in [0.05, 0.1) is 23.8 Å². The maximum absolute atomic E-state index is 11.6. The predicted molar refractivity (Wildman–Crippen MR) is 98.4 cm³/mol. The Labute approximate surface area is 149 Å². The molecule has 0 aliphatic rings. The quantitative estimate of drug-likeness (QED) is 0.540. The molecule has 0 aliphatic heterocycles. The van der Waals surface area contributed by atoms with Gasteiger partial charge in [0, 0.05) is 0 Å². The molecule has 0 atom stereocenters. The number of methoxy groups -OCH3 is 1. The summed E-state index contributed by atoms with van der Waals surface area (Å²) in [4.78, 5) is 11.6. The summed E-state index contributed by atoms with van der Waals surface area (Å²) >= 11 is 3.47. The van der Waals surface area contributed by atoms with Gasteiger partial charge in [-0.25, -0.2) is 4.79 Å². The second kappa shape index (κ2) is 8.55. The first-order valence-electron chi connectivity index (χ1n) is 7.57. The topological polar surface area (TPSA) is 55.8 Å². The van der Waals surface area contributed by atoms with Crippen molar-refractivity contribution in [2.75, 3.05) is 13.7 Å². The predicted octanol–water partition coefficient (Wildman–Crippen LogP) is 4.87. The lowest BCUT2D eigenvalue weighted by Crippen LogP contribution is -2.01. The summed E-state index contributed by atoms with van der Waals surface area (Å²) in [5.74, 6) is 0.192. The van der Waals surface area contributed by atoms with E-state index < -0.39 is 5.97 Å². The Morgan fingerprint density at radius 2 is 1.96 bits per heavy atom. The van der Waals surface area contributed by atoms with Crippen LogP contribution in [0.15, 0.2) is 46.9 Å². The van der Waals surface area contributed by atoms with E-state index >= 15 is 0 Å². The zero-order valence-electron chi connectivity index (χ0n) is 13.6. The van der Waals surface area contributed by atoms with Crippen LogP contribution < -0.4 is 9.47 Å². The molecule has 2 rings (SSSR count). The largest absolute Gasteiger partial charge is 0.493 e. The maximum atomic E-state index is 11.6. The third-order valence-electron chi connectivity index (χ3n) is 3.33. The van der Waals surface area contributed by atoms with Gasteiger partial charge in [0.15, 0.2) is 11.5 Å². The summed E-state index contributed by atoms with van der Waals surface area (Å²) < 4.78 is 11.8. The highest BCUT2D eigenvalue weighted by molar-refractivity contribution is 9.10. The van der Waals surface area contributed by atoms with Crippen LogP contribution in [0.2, 0.25) is 0 Å². The smallest absolute Gasteiger partial charge is 0.336 e. The Bertz CT molecular complexity index is 739. The van der Waals surface area contributed by atoms with Gasteiger partial charge in [-0.05, 0) is 51.7 Å². The van der Waals surface area contributed by atoms with Gasteiger partial charge in [0.2, 0.25) is 0 Å². The number of carboxylic acid groups (broad SMARTS) is 1. The van der Waals surface area contributed by atoms with Crippen molar-refractivity contribution in [3.05, 3.63) is 58.1 Å². The lowest BCUT2D eigenvalue weighted by Gasteiger charge is -2.13. The van der Waals surface area contributed by atoms with Crippen LogP contribution in [-0.4, -0.2) is 24.8 Å². The normalized spacial score (nSPS) is 11.2. The van der Waals surface area contributed by atoms with Crippen LogP contribution in [0.25, 0.3) is 11.6 Å². The number of aliphatic carboxylic acids is 1. The van der Waals surface area contributed by atoms with Gasteiger partial charge in [-0.1, -0.05) is 37.3 Å². The number of benzene rings is 2. The van der Waals surface area contributed by atoms with Crippen molar-refractivity contribution in [2.24, 2.45) is 0 Å². The van der Waals surface area contributed by atoms with Crippen LogP contribution in [0.4, 0.5) is 0 Å². The summed E-state index contributed by atoms with van der Waals surface area (Å²) in [6.07, 6.45) is 2.50. The first-order chi connectivity index (χ1) is 11.6. The van der Waals surface area contributed by atoms with Crippen LogP contribution >= 0.6 is 15.9 Å². The molecule has 0 fully saturated rings. The SMILES string of the molecule is CCCOc1c(Br)cc(/C=C(/C(=O)O)c2ccccc2)cc1OC. The third kappa shape index (κ3) is 4.38. The average Bonchev–Trinajstić information content (AvgIpc) is 2.58. The van der Waals surface area contributed by atoms with Crippen molar-refractivity contribution < 1.29 is 19.4 Å². The second-order valence-corrected chi connectivity index (χ2v) is 5.97. The molecule has 0 radical (unpaired) electrons.